The average Bonchev–Trinajstić information content (AvgIpc) is 3.10. The smallest absolute Gasteiger partial charge is 0.272 e. The number of pyridine rings is 1. The predicted octanol–water partition coefficient (Wildman–Crippen LogP) is 2.66. The van der Waals surface area contributed by atoms with Crippen LogP contribution in [0.3, 0.4) is 0 Å². The van der Waals surface area contributed by atoms with Gasteiger partial charge in [-0.2, -0.15) is 5.26 Å². The molecular formula is C18H14FN5OS. The summed E-state index contributed by atoms with van der Waals surface area (Å²) in [7, 11) is 0. The molecule has 1 fully saturated rings. The van der Waals surface area contributed by atoms with Crippen LogP contribution in [0.5, 0.6) is 0 Å². The number of nitrogens with zero attached hydrogens (tertiary/aromatic N) is 5. The van der Waals surface area contributed by atoms with Gasteiger partial charge in [-0.1, -0.05) is 11.3 Å². The van der Waals surface area contributed by atoms with Crippen LogP contribution in [0.25, 0.3) is 10.2 Å². The second-order valence-electron chi connectivity index (χ2n) is 5.93. The second-order valence-corrected chi connectivity index (χ2v) is 6.94. The minimum atomic E-state index is -0.268. The van der Waals surface area contributed by atoms with E-state index in [1.54, 1.807) is 17.0 Å². The molecule has 1 aliphatic heterocycles. The number of hydrogen-bond acceptors (Lipinski definition) is 6. The Labute approximate surface area is 153 Å². The Hall–Kier alpha value is -3.05. The molecule has 1 saturated heterocycles. The van der Waals surface area contributed by atoms with E-state index in [0.717, 1.165) is 15.3 Å². The van der Waals surface area contributed by atoms with Crippen LogP contribution in [0.2, 0.25) is 0 Å². The molecular weight excluding hydrogens is 353 g/mol. The molecule has 1 aromatic carbocycles. The van der Waals surface area contributed by atoms with Crippen molar-refractivity contribution in [2.75, 3.05) is 31.1 Å². The maximum absolute atomic E-state index is 13.3. The zero-order valence-electron chi connectivity index (χ0n) is 13.7. The molecule has 6 nitrogen and oxygen atoms in total. The largest absolute Gasteiger partial charge is 0.345 e. The van der Waals surface area contributed by atoms with Crippen LogP contribution >= 0.6 is 11.3 Å². The maximum Gasteiger partial charge on any atom is 0.272 e. The molecule has 0 spiro atoms. The van der Waals surface area contributed by atoms with Gasteiger partial charge in [0.1, 0.15) is 11.5 Å². The first-order chi connectivity index (χ1) is 12.6. The van der Waals surface area contributed by atoms with Crippen molar-refractivity contribution in [1.29, 1.82) is 5.26 Å². The van der Waals surface area contributed by atoms with E-state index in [1.165, 1.54) is 35.7 Å². The van der Waals surface area contributed by atoms with E-state index >= 15 is 0 Å². The highest BCUT2D eigenvalue weighted by Gasteiger charge is 2.24. The topological polar surface area (TPSA) is 73.1 Å². The number of amides is 1. The molecule has 26 heavy (non-hydrogen) atoms. The summed E-state index contributed by atoms with van der Waals surface area (Å²) in [6.07, 6.45) is 1.47. The van der Waals surface area contributed by atoms with Crippen molar-refractivity contribution in [2.24, 2.45) is 0 Å². The first kappa shape index (κ1) is 16.4. The first-order valence-corrected chi connectivity index (χ1v) is 8.92. The van der Waals surface area contributed by atoms with E-state index in [1.807, 2.05) is 6.07 Å². The molecule has 0 atom stereocenters. The monoisotopic (exact) mass is 367 g/mol. The number of anilines is 1. The minimum absolute atomic E-state index is 0.173. The zero-order valence-corrected chi connectivity index (χ0v) is 14.5. The van der Waals surface area contributed by atoms with Gasteiger partial charge in [-0.05, 0) is 30.3 Å². The van der Waals surface area contributed by atoms with Gasteiger partial charge in [0.2, 0.25) is 0 Å². The lowest BCUT2D eigenvalue weighted by molar-refractivity contribution is 0.0741. The van der Waals surface area contributed by atoms with Gasteiger partial charge >= 0.3 is 0 Å². The minimum Gasteiger partial charge on any atom is -0.345 e. The molecule has 3 heterocycles. The summed E-state index contributed by atoms with van der Waals surface area (Å²) in [5.74, 6) is -0.441. The van der Waals surface area contributed by atoms with E-state index in [4.69, 9.17) is 5.26 Å². The molecule has 0 aliphatic carbocycles. The van der Waals surface area contributed by atoms with Crippen molar-refractivity contribution in [3.8, 4) is 6.07 Å². The number of piperazine rings is 1. The Balaban J connectivity index is 1.46. The van der Waals surface area contributed by atoms with Crippen LogP contribution in [0.1, 0.15) is 16.1 Å². The standard InChI is InChI=1S/C18H14FN5OS/c19-13-1-2-14-16(10-13)26-18(22-14)24-7-5-23(6-8-24)17(25)15-9-12(11-20)3-4-21-15/h1-4,9-10H,5-8H2. The zero-order chi connectivity index (χ0) is 18.1. The number of fused-ring (bicyclic) bond motifs is 1. The Bertz CT molecular complexity index is 1020. The van der Waals surface area contributed by atoms with E-state index in [0.29, 0.717) is 31.7 Å². The molecule has 130 valence electrons. The number of halogens is 1. The molecule has 0 bridgehead atoms. The molecule has 4 rings (SSSR count). The van der Waals surface area contributed by atoms with E-state index < -0.39 is 0 Å². The van der Waals surface area contributed by atoms with Gasteiger partial charge in [-0.25, -0.2) is 9.37 Å². The Morgan fingerprint density at radius 1 is 1.19 bits per heavy atom. The third-order valence-electron chi connectivity index (χ3n) is 4.28. The van der Waals surface area contributed by atoms with E-state index in [-0.39, 0.29) is 17.4 Å². The van der Waals surface area contributed by atoms with E-state index in [9.17, 15) is 9.18 Å². The van der Waals surface area contributed by atoms with Crippen molar-refractivity contribution in [1.82, 2.24) is 14.9 Å². The lowest BCUT2D eigenvalue weighted by Gasteiger charge is -2.34. The fourth-order valence-corrected chi connectivity index (χ4v) is 3.94. The van der Waals surface area contributed by atoms with Gasteiger partial charge in [0, 0.05) is 32.4 Å². The van der Waals surface area contributed by atoms with Crippen LogP contribution in [0.4, 0.5) is 9.52 Å². The average molecular weight is 367 g/mol. The maximum atomic E-state index is 13.3. The second kappa shape index (κ2) is 6.69. The molecule has 1 amide bonds. The fraction of sp³-hybridized carbons (Fsp3) is 0.222. The molecule has 8 heteroatoms. The van der Waals surface area contributed by atoms with Gasteiger partial charge in [-0.15, -0.1) is 0 Å². The number of rotatable bonds is 2. The number of carbonyl (C=O) groups is 1. The molecule has 2 aromatic heterocycles. The van der Waals surface area contributed by atoms with Crippen molar-refractivity contribution in [2.45, 2.75) is 0 Å². The quantitative estimate of drug-likeness (QED) is 0.696. The first-order valence-electron chi connectivity index (χ1n) is 8.10. The number of nitriles is 1. The van der Waals surface area contributed by atoms with Crippen LogP contribution in [-0.4, -0.2) is 47.0 Å². The van der Waals surface area contributed by atoms with Gasteiger partial charge in [0.15, 0.2) is 5.13 Å². The fourth-order valence-electron chi connectivity index (χ4n) is 2.90. The lowest BCUT2D eigenvalue weighted by atomic mass is 10.2. The van der Waals surface area contributed by atoms with Crippen molar-refractivity contribution >= 4 is 32.6 Å². The number of hydrogen-bond donors (Lipinski definition) is 0. The highest BCUT2D eigenvalue weighted by molar-refractivity contribution is 7.22. The SMILES string of the molecule is N#Cc1ccnc(C(=O)N2CCN(c3nc4ccc(F)cc4s3)CC2)c1. The summed E-state index contributed by atoms with van der Waals surface area (Å²) in [5, 5.41) is 9.79. The summed E-state index contributed by atoms with van der Waals surface area (Å²) >= 11 is 1.45. The number of carbonyl (C=O) groups excluding carboxylic acids is 1. The molecule has 0 N–H and O–H groups in total. The third kappa shape index (κ3) is 3.09. The predicted molar refractivity (Wildman–Crippen MR) is 96.6 cm³/mol. The van der Waals surface area contributed by atoms with Crippen molar-refractivity contribution in [3.63, 3.8) is 0 Å². The Morgan fingerprint density at radius 2 is 2.00 bits per heavy atom. The normalized spacial score (nSPS) is 14.5. The van der Waals surface area contributed by atoms with E-state index in [2.05, 4.69) is 14.9 Å². The Morgan fingerprint density at radius 3 is 2.77 bits per heavy atom. The van der Waals surface area contributed by atoms with Crippen molar-refractivity contribution < 1.29 is 9.18 Å². The van der Waals surface area contributed by atoms with Gasteiger partial charge in [0.05, 0.1) is 21.8 Å². The Kier molecular flexibility index (Phi) is 4.22. The van der Waals surface area contributed by atoms with Gasteiger partial charge in [0.25, 0.3) is 5.91 Å². The molecule has 0 unspecified atom stereocenters. The van der Waals surface area contributed by atoms with Gasteiger partial charge < -0.3 is 9.80 Å². The number of benzene rings is 1. The highest BCUT2D eigenvalue weighted by atomic mass is 32.1. The summed E-state index contributed by atoms with van der Waals surface area (Å²) in [4.78, 5) is 25.0. The number of thiazole rings is 1. The van der Waals surface area contributed by atoms with Crippen molar-refractivity contribution in [3.05, 3.63) is 53.6 Å². The van der Waals surface area contributed by atoms with Crippen LogP contribution < -0.4 is 4.90 Å². The van der Waals surface area contributed by atoms with Crippen LogP contribution in [0.15, 0.2) is 36.5 Å². The summed E-state index contributed by atoms with van der Waals surface area (Å²) in [5.41, 5.74) is 1.49. The van der Waals surface area contributed by atoms with Crippen LogP contribution in [-0.2, 0) is 0 Å². The summed E-state index contributed by atoms with van der Waals surface area (Å²) in [6.45, 7) is 2.38. The highest BCUT2D eigenvalue weighted by Crippen LogP contribution is 2.30. The lowest BCUT2D eigenvalue weighted by Crippen LogP contribution is -2.49. The summed E-state index contributed by atoms with van der Waals surface area (Å²) in [6, 6.07) is 9.68. The third-order valence-corrected chi connectivity index (χ3v) is 5.36. The number of aromatic nitrogens is 2. The molecule has 1 aliphatic rings. The van der Waals surface area contributed by atoms with Gasteiger partial charge in [-0.3, -0.25) is 9.78 Å². The summed E-state index contributed by atoms with van der Waals surface area (Å²) < 4.78 is 14.2. The van der Waals surface area contributed by atoms with Crippen LogP contribution in [0, 0.1) is 17.1 Å². The molecule has 0 radical (unpaired) electrons. The molecule has 3 aromatic rings. The molecule has 0 saturated carbocycles.